The number of anilines is 1. The first kappa shape index (κ1) is 21.1. The summed E-state index contributed by atoms with van der Waals surface area (Å²) >= 11 is 5.64. The van der Waals surface area contributed by atoms with E-state index in [1.807, 2.05) is 24.3 Å². The Morgan fingerprint density at radius 1 is 1.07 bits per heavy atom. The number of carbonyl (C=O) groups excluding carboxylic acids is 1. The molecule has 2 aromatic rings. The molecule has 1 N–H and O–H groups in total. The minimum absolute atomic E-state index is 0.0751. The maximum absolute atomic E-state index is 12.1. The number of hydrogen-bond acceptors (Lipinski definition) is 5. The summed E-state index contributed by atoms with van der Waals surface area (Å²) in [4.78, 5) is 15.1. The standard InChI is InChI=1S/C22H26N2O4S/c1-15-12-24(13-16(2)28-15)22(29)17-4-8-20(9-5-17)27-14-21(25)23-18-6-10-19(26-3)11-7-18/h4-11,15-16H,12-14H2,1-3H3,(H,23,25)/t15-,16+. The van der Waals surface area contributed by atoms with E-state index in [-0.39, 0.29) is 24.7 Å². The van der Waals surface area contributed by atoms with Gasteiger partial charge in [0.2, 0.25) is 0 Å². The van der Waals surface area contributed by atoms with Crippen molar-refractivity contribution in [1.29, 1.82) is 0 Å². The highest BCUT2D eigenvalue weighted by Gasteiger charge is 2.24. The number of hydrogen-bond donors (Lipinski definition) is 1. The first-order valence-electron chi connectivity index (χ1n) is 9.56. The Bertz CT molecular complexity index is 829. The van der Waals surface area contributed by atoms with Gasteiger partial charge in [-0.15, -0.1) is 0 Å². The van der Waals surface area contributed by atoms with E-state index in [0.717, 1.165) is 29.4 Å². The van der Waals surface area contributed by atoms with Crippen molar-refractivity contribution >= 4 is 28.8 Å². The van der Waals surface area contributed by atoms with E-state index in [0.29, 0.717) is 11.4 Å². The van der Waals surface area contributed by atoms with E-state index >= 15 is 0 Å². The van der Waals surface area contributed by atoms with Gasteiger partial charge in [0.15, 0.2) is 6.61 Å². The van der Waals surface area contributed by atoms with Gasteiger partial charge < -0.3 is 24.4 Å². The molecule has 154 valence electrons. The number of benzene rings is 2. The minimum atomic E-state index is -0.231. The molecule has 1 amide bonds. The molecule has 7 heteroatoms. The molecule has 0 unspecified atom stereocenters. The number of ether oxygens (including phenoxy) is 3. The van der Waals surface area contributed by atoms with Gasteiger partial charge >= 0.3 is 0 Å². The molecule has 1 aliphatic heterocycles. The van der Waals surface area contributed by atoms with Crippen LogP contribution in [-0.2, 0) is 9.53 Å². The van der Waals surface area contributed by atoms with Crippen LogP contribution in [0.5, 0.6) is 11.5 Å². The predicted molar refractivity (Wildman–Crippen MR) is 117 cm³/mol. The number of amides is 1. The third-order valence-corrected chi connectivity index (χ3v) is 5.05. The summed E-state index contributed by atoms with van der Waals surface area (Å²) in [5.41, 5.74) is 1.64. The second-order valence-electron chi connectivity index (χ2n) is 7.06. The Hall–Kier alpha value is -2.64. The fourth-order valence-electron chi connectivity index (χ4n) is 3.24. The Kier molecular flexibility index (Phi) is 7.06. The highest BCUT2D eigenvalue weighted by Crippen LogP contribution is 2.19. The second-order valence-corrected chi connectivity index (χ2v) is 7.44. The first-order chi connectivity index (χ1) is 13.9. The van der Waals surface area contributed by atoms with Crippen molar-refractivity contribution in [2.75, 3.05) is 32.1 Å². The molecule has 0 aliphatic carbocycles. The van der Waals surface area contributed by atoms with Crippen LogP contribution in [0.2, 0.25) is 0 Å². The number of nitrogens with zero attached hydrogens (tertiary/aromatic N) is 1. The Morgan fingerprint density at radius 3 is 2.24 bits per heavy atom. The van der Waals surface area contributed by atoms with Crippen molar-refractivity contribution in [2.24, 2.45) is 0 Å². The van der Waals surface area contributed by atoms with Gasteiger partial charge in [-0.25, -0.2) is 0 Å². The minimum Gasteiger partial charge on any atom is -0.497 e. The molecule has 0 spiro atoms. The van der Waals surface area contributed by atoms with E-state index < -0.39 is 0 Å². The molecule has 2 atom stereocenters. The fourth-order valence-corrected chi connectivity index (χ4v) is 3.53. The molecule has 0 bridgehead atoms. The number of morpholine rings is 1. The predicted octanol–water partition coefficient (Wildman–Crippen LogP) is 3.50. The highest BCUT2D eigenvalue weighted by atomic mass is 32.1. The number of carbonyl (C=O) groups is 1. The topological polar surface area (TPSA) is 60.0 Å². The Balaban J connectivity index is 1.50. The van der Waals surface area contributed by atoms with Crippen LogP contribution in [0.4, 0.5) is 5.69 Å². The molecule has 6 nitrogen and oxygen atoms in total. The van der Waals surface area contributed by atoms with Gasteiger partial charge in [0.05, 0.1) is 19.3 Å². The number of nitrogens with one attached hydrogen (secondary N) is 1. The third kappa shape index (κ3) is 5.92. The fraction of sp³-hybridized carbons (Fsp3) is 0.364. The lowest BCUT2D eigenvalue weighted by Gasteiger charge is -2.37. The van der Waals surface area contributed by atoms with Crippen LogP contribution in [0.25, 0.3) is 0 Å². The van der Waals surface area contributed by atoms with E-state index in [1.54, 1.807) is 31.4 Å². The summed E-state index contributed by atoms with van der Waals surface area (Å²) in [5.74, 6) is 1.12. The van der Waals surface area contributed by atoms with Gasteiger partial charge in [-0.3, -0.25) is 4.79 Å². The molecular weight excluding hydrogens is 388 g/mol. The first-order valence-corrected chi connectivity index (χ1v) is 9.97. The van der Waals surface area contributed by atoms with Gasteiger partial charge in [0.25, 0.3) is 5.91 Å². The lowest BCUT2D eigenvalue weighted by Crippen LogP contribution is -2.47. The van der Waals surface area contributed by atoms with Gasteiger partial charge in [-0.1, -0.05) is 12.2 Å². The number of thiocarbonyl (C=S) groups is 1. The van der Waals surface area contributed by atoms with Crippen LogP contribution in [0.3, 0.4) is 0 Å². The molecule has 0 aromatic heterocycles. The molecular formula is C22H26N2O4S. The van der Waals surface area contributed by atoms with Gasteiger partial charge in [-0.05, 0) is 62.4 Å². The smallest absolute Gasteiger partial charge is 0.262 e. The zero-order chi connectivity index (χ0) is 20.8. The molecule has 2 aromatic carbocycles. The van der Waals surface area contributed by atoms with Crippen molar-refractivity contribution < 1.29 is 19.0 Å². The largest absolute Gasteiger partial charge is 0.497 e. The normalized spacial score (nSPS) is 18.8. The summed E-state index contributed by atoms with van der Waals surface area (Å²) in [6.07, 6.45) is 0.312. The van der Waals surface area contributed by atoms with Crippen molar-refractivity contribution in [3.8, 4) is 11.5 Å². The van der Waals surface area contributed by atoms with Crippen LogP contribution < -0.4 is 14.8 Å². The van der Waals surface area contributed by atoms with Crippen molar-refractivity contribution in [2.45, 2.75) is 26.1 Å². The van der Waals surface area contributed by atoms with Gasteiger partial charge in [0.1, 0.15) is 16.5 Å². The molecule has 0 saturated carbocycles. The van der Waals surface area contributed by atoms with Crippen LogP contribution in [0, 0.1) is 0 Å². The third-order valence-electron chi connectivity index (χ3n) is 4.55. The molecule has 29 heavy (non-hydrogen) atoms. The van der Waals surface area contributed by atoms with Crippen LogP contribution in [-0.4, -0.2) is 54.8 Å². The molecule has 1 aliphatic rings. The average molecular weight is 415 g/mol. The number of methoxy groups -OCH3 is 1. The molecule has 3 rings (SSSR count). The summed E-state index contributed by atoms with van der Waals surface area (Å²) in [7, 11) is 1.60. The summed E-state index contributed by atoms with van der Waals surface area (Å²) in [6.45, 7) is 5.60. The van der Waals surface area contributed by atoms with E-state index in [9.17, 15) is 4.79 Å². The Morgan fingerprint density at radius 2 is 1.66 bits per heavy atom. The summed E-state index contributed by atoms with van der Waals surface area (Å²) < 4.78 is 16.4. The quantitative estimate of drug-likeness (QED) is 0.730. The van der Waals surface area contributed by atoms with Crippen LogP contribution in [0.15, 0.2) is 48.5 Å². The van der Waals surface area contributed by atoms with Crippen molar-refractivity contribution in [1.82, 2.24) is 4.90 Å². The number of rotatable bonds is 6. The van der Waals surface area contributed by atoms with Crippen LogP contribution >= 0.6 is 12.2 Å². The van der Waals surface area contributed by atoms with Gasteiger partial charge in [-0.2, -0.15) is 0 Å². The van der Waals surface area contributed by atoms with E-state index in [4.69, 9.17) is 26.4 Å². The molecule has 1 saturated heterocycles. The summed E-state index contributed by atoms with van der Waals surface area (Å²) in [6, 6.07) is 14.6. The lowest BCUT2D eigenvalue weighted by molar-refractivity contribution is -0.118. The zero-order valence-electron chi connectivity index (χ0n) is 16.9. The molecule has 0 radical (unpaired) electrons. The van der Waals surface area contributed by atoms with Crippen molar-refractivity contribution in [3.63, 3.8) is 0 Å². The van der Waals surface area contributed by atoms with Crippen LogP contribution in [0.1, 0.15) is 19.4 Å². The highest BCUT2D eigenvalue weighted by molar-refractivity contribution is 7.80. The average Bonchev–Trinajstić information content (AvgIpc) is 2.72. The summed E-state index contributed by atoms with van der Waals surface area (Å²) in [5, 5.41) is 2.79. The molecule has 1 fully saturated rings. The maximum Gasteiger partial charge on any atom is 0.262 e. The van der Waals surface area contributed by atoms with Crippen molar-refractivity contribution in [3.05, 3.63) is 54.1 Å². The van der Waals surface area contributed by atoms with E-state index in [2.05, 4.69) is 24.1 Å². The monoisotopic (exact) mass is 414 g/mol. The second kappa shape index (κ2) is 9.71. The van der Waals surface area contributed by atoms with E-state index in [1.165, 1.54) is 0 Å². The maximum atomic E-state index is 12.1. The lowest BCUT2D eigenvalue weighted by atomic mass is 10.1. The van der Waals surface area contributed by atoms with Gasteiger partial charge in [0, 0.05) is 24.3 Å². The Labute approximate surface area is 176 Å². The molecule has 1 heterocycles. The SMILES string of the molecule is COc1ccc(NC(=O)COc2ccc(C(=S)N3C[C@@H](C)O[C@@H](C)C3)cc2)cc1. The zero-order valence-corrected chi connectivity index (χ0v) is 17.7.